The normalized spacial score (nSPS) is 11.2. The molecule has 3 heterocycles. The number of hydrogen-bond donors (Lipinski definition) is 0. The van der Waals surface area contributed by atoms with Gasteiger partial charge in [-0.15, -0.1) is 10.2 Å². The van der Waals surface area contributed by atoms with Gasteiger partial charge in [-0.1, -0.05) is 17.7 Å². The van der Waals surface area contributed by atoms with Gasteiger partial charge in [0.2, 0.25) is 0 Å². The summed E-state index contributed by atoms with van der Waals surface area (Å²) < 4.78 is 1.98. The van der Waals surface area contributed by atoms with Gasteiger partial charge in [0.25, 0.3) is 0 Å². The Hall–Kier alpha value is -2.01. The molecule has 102 valence electrons. The van der Waals surface area contributed by atoms with Gasteiger partial charge >= 0.3 is 0 Å². The third-order valence-corrected chi connectivity index (χ3v) is 3.62. The first-order valence-electron chi connectivity index (χ1n) is 6.43. The van der Waals surface area contributed by atoms with Crippen molar-refractivity contribution < 1.29 is 0 Å². The first-order chi connectivity index (χ1) is 9.66. The van der Waals surface area contributed by atoms with Crippen molar-refractivity contribution in [2.45, 2.75) is 26.7 Å². The number of pyridine rings is 1. The average Bonchev–Trinajstić information content (AvgIpc) is 2.88. The van der Waals surface area contributed by atoms with E-state index in [9.17, 15) is 0 Å². The van der Waals surface area contributed by atoms with Crippen LogP contribution in [0.1, 0.15) is 22.9 Å². The smallest absolute Gasteiger partial charge is 0.198 e. The summed E-state index contributed by atoms with van der Waals surface area (Å²) in [6, 6.07) is 5.91. The fourth-order valence-corrected chi connectivity index (χ4v) is 2.44. The van der Waals surface area contributed by atoms with E-state index in [1.165, 1.54) is 0 Å². The quantitative estimate of drug-likeness (QED) is 0.743. The van der Waals surface area contributed by atoms with Crippen molar-refractivity contribution in [1.29, 1.82) is 0 Å². The zero-order valence-electron chi connectivity index (χ0n) is 11.3. The van der Waals surface area contributed by atoms with E-state index in [4.69, 9.17) is 11.6 Å². The highest BCUT2D eigenvalue weighted by Gasteiger charge is 2.14. The third kappa shape index (κ3) is 2.25. The van der Waals surface area contributed by atoms with E-state index in [1.807, 2.05) is 36.4 Å². The molecule has 0 radical (unpaired) electrons. The largest absolute Gasteiger partial charge is 0.279 e. The van der Waals surface area contributed by atoms with Crippen molar-refractivity contribution in [2.24, 2.45) is 0 Å². The average molecular weight is 288 g/mol. The number of halogens is 1. The summed E-state index contributed by atoms with van der Waals surface area (Å²) >= 11 is 6.12. The molecule has 0 fully saturated rings. The second-order valence-electron chi connectivity index (χ2n) is 4.67. The molecule has 0 unspecified atom stereocenters. The van der Waals surface area contributed by atoms with Crippen molar-refractivity contribution in [3.05, 3.63) is 52.5 Å². The first-order valence-corrected chi connectivity index (χ1v) is 6.81. The Labute approximate surface area is 121 Å². The Morgan fingerprint density at radius 3 is 2.75 bits per heavy atom. The van der Waals surface area contributed by atoms with E-state index >= 15 is 0 Å². The highest BCUT2D eigenvalue weighted by molar-refractivity contribution is 6.32. The van der Waals surface area contributed by atoms with Gasteiger partial charge in [0.1, 0.15) is 5.82 Å². The molecule has 3 rings (SSSR count). The zero-order chi connectivity index (χ0) is 14.1. The maximum Gasteiger partial charge on any atom is 0.198 e. The standard InChI is InChI=1S/C14H14ClN5/c1-9-10(2)20-12(18-19-14(20)13(15)17-9)7-6-11-5-3-4-8-16-11/h3-5,8H,6-7H2,1-2H3. The van der Waals surface area contributed by atoms with Crippen LogP contribution in [0.4, 0.5) is 0 Å². The van der Waals surface area contributed by atoms with Gasteiger partial charge in [0.05, 0.1) is 5.69 Å². The van der Waals surface area contributed by atoms with Gasteiger partial charge in [0.15, 0.2) is 10.8 Å². The second kappa shape index (κ2) is 5.17. The van der Waals surface area contributed by atoms with Crippen LogP contribution in [-0.4, -0.2) is 24.6 Å². The summed E-state index contributed by atoms with van der Waals surface area (Å²) in [6.45, 7) is 3.93. The minimum Gasteiger partial charge on any atom is -0.279 e. The molecular formula is C14H14ClN5. The van der Waals surface area contributed by atoms with Crippen molar-refractivity contribution in [3.8, 4) is 0 Å². The molecule has 0 amide bonds. The highest BCUT2D eigenvalue weighted by Crippen LogP contribution is 2.18. The van der Waals surface area contributed by atoms with Crippen LogP contribution in [0.15, 0.2) is 24.4 Å². The van der Waals surface area contributed by atoms with E-state index in [1.54, 1.807) is 6.20 Å². The lowest BCUT2D eigenvalue weighted by atomic mass is 10.2. The summed E-state index contributed by atoms with van der Waals surface area (Å²) in [5, 5.41) is 8.76. The van der Waals surface area contributed by atoms with Crippen LogP contribution in [0.25, 0.3) is 5.65 Å². The Balaban J connectivity index is 1.96. The molecule has 0 saturated heterocycles. The predicted octanol–water partition coefficient (Wildman–Crippen LogP) is 2.57. The van der Waals surface area contributed by atoms with Crippen LogP contribution >= 0.6 is 11.6 Å². The maximum atomic E-state index is 6.12. The van der Waals surface area contributed by atoms with Gasteiger partial charge < -0.3 is 0 Å². The van der Waals surface area contributed by atoms with Crippen LogP contribution < -0.4 is 0 Å². The lowest BCUT2D eigenvalue weighted by Crippen LogP contribution is -2.05. The molecular weight excluding hydrogens is 274 g/mol. The Kier molecular flexibility index (Phi) is 3.36. The van der Waals surface area contributed by atoms with E-state index in [0.29, 0.717) is 10.8 Å². The molecule has 0 saturated carbocycles. The van der Waals surface area contributed by atoms with Gasteiger partial charge in [-0.25, -0.2) is 4.98 Å². The molecule has 0 N–H and O–H groups in total. The number of aromatic nitrogens is 5. The first kappa shape index (κ1) is 13.0. The molecule has 0 aliphatic rings. The van der Waals surface area contributed by atoms with Crippen LogP contribution in [0.5, 0.6) is 0 Å². The fraction of sp³-hybridized carbons (Fsp3) is 0.286. The number of rotatable bonds is 3. The fourth-order valence-electron chi connectivity index (χ4n) is 2.19. The lowest BCUT2D eigenvalue weighted by Gasteiger charge is -2.07. The molecule has 0 aromatic carbocycles. The molecule has 3 aromatic heterocycles. The molecule has 0 bridgehead atoms. The summed E-state index contributed by atoms with van der Waals surface area (Å²) in [5.41, 5.74) is 3.57. The molecule has 5 nitrogen and oxygen atoms in total. The van der Waals surface area contributed by atoms with Crippen molar-refractivity contribution >= 4 is 17.2 Å². The minimum absolute atomic E-state index is 0.393. The van der Waals surface area contributed by atoms with Gasteiger partial charge in [-0.05, 0) is 32.4 Å². The number of hydrogen-bond acceptors (Lipinski definition) is 4. The second-order valence-corrected chi connectivity index (χ2v) is 5.03. The lowest BCUT2D eigenvalue weighted by molar-refractivity contribution is 0.806. The van der Waals surface area contributed by atoms with E-state index in [2.05, 4.69) is 20.2 Å². The summed E-state index contributed by atoms with van der Waals surface area (Å²) in [5.74, 6) is 0.885. The molecule has 0 spiro atoms. The molecule has 20 heavy (non-hydrogen) atoms. The van der Waals surface area contributed by atoms with Crippen molar-refractivity contribution in [2.75, 3.05) is 0 Å². The zero-order valence-corrected chi connectivity index (χ0v) is 12.1. The number of aryl methyl sites for hydroxylation is 4. The van der Waals surface area contributed by atoms with Crippen LogP contribution in [0, 0.1) is 13.8 Å². The van der Waals surface area contributed by atoms with Crippen molar-refractivity contribution in [1.82, 2.24) is 24.6 Å². The Bertz CT molecular complexity index is 751. The maximum absolute atomic E-state index is 6.12. The van der Waals surface area contributed by atoms with E-state index < -0.39 is 0 Å². The molecule has 0 atom stereocenters. The summed E-state index contributed by atoms with van der Waals surface area (Å²) in [4.78, 5) is 8.58. The van der Waals surface area contributed by atoms with Gasteiger partial charge in [-0.3, -0.25) is 9.38 Å². The predicted molar refractivity (Wildman–Crippen MR) is 76.9 cm³/mol. The SMILES string of the molecule is Cc1nc(Cl)c2nnc(CCc3ccccn3)n2c1C. The van der Waals surface area contributed by atoms with Crippen LogP contribution in [-0.2, 0) is 12.8 Å². The van der Waals surface area contributed by atoms with E-state index in [0.717, 1.165) is 35.7 Å². The Morgan fingerprint density at radius 1 is 1.15 bits per heavy atom. The number of fused-ring (bicyclic) bond motifs is 1. The van der Waals surface area contributed by atoms with Crippen molar-refractivity contribution in [3.63, 3.8) is 0 Å². The molecule has 6 heteroatoms. The number of nitrogens with zero attached hydrogens (tertiary/aromatic N) is 5. The summed E-state index contributed by atoms with van der Waals surface area (Å²) in [7, 11) is 0. The van der Waals surface area contributed by atoms with Gasteiger partial charge in [0, 0.05) is 24.0 Å². The molecule has 0 aliphatic heterocycles. The third-order valence-electron chi connectivity index (χ3n) is 3.37. The van der Waals surface area contributed by atoms with Crippen LogP contribution in [0.3, 0.4) is 0 Å². The molecule has 3 aromatic rings. The molecule has 0 aliphatic carbocycles. The topological polar surface area (TPSA) is 56.0 Å². The van der Waals surface area contributed by atoms with E-state index in [-0.39, 0.29) is 0 Å². The summed E-state index contributed by atoms with van der Waals surface area (Å²) in [6.07, 6.45) is 3.38. The van der Waals surface area contributed by atoms with Gasteiger partial charge in [-0.2, -0.15) is 0 Å². The van der Waals surface area contributed by atoms with Crippen LogP contribution in [0.2, 0.25) is 5.15 Å². The minimum atomic E-state index is 0.393. The monoisotopic (exact) mass is 287 g/mol. The highest BCUT2D eigenvalue weighted by atomic mass is 35.5. The Morgan fingerprint density at radius 2 is 2.00 bits per heavy atom.